The lowest BCUT2D eigenvalue weighted by molar-refractivity contribution is 0.419. The minimum atomic E-state index is -0.193. The van der Waals surface area contributed by atoms with E-state index in [2.05, 4.69) is 31.2 Å². The highest BCUT2D eigenvalue weighted by Gasteiger charge is 2.10. The second-order valence-electron chi connectivity index (χ2n) is 6.18. The number of rotatable bonds is 4. The van der Waals surface area contributed by atoms with Gasteiger partial charge in [-0.3, -0.25) is 4.68 Å². The van der Waals surface area contributed by atoms with Gasteiger partial charge in [0.1, 0.15) is 5.82 Å². The Labute approximate surface area is 119 Å². The van der Waals surface area contributed by atoms with Crippen molar-refractivity contribution in [1.82, 2.24) is 15.1 Å². The zero-order valence-electron chi connectivity index (χ0n) is 12.6. The molecule has 0 bridgehead atoms. The van der Waals surface area contributed by atoms with Crippen molar-refractivity contribution in [2.45, 2.75) is 46.3 Å². The SMILES string of the molecule is Cc1cc(F)ccc1Cn1ccc(CNC(C)(C)C)n1. The smallest absolute Gasteiger partial charge is 0.123 e. The summed E-state index contributed by atoms with van der Waals surface area (Å²) in [4.78, 5) is 0. The van der Waals surface area contributed by atoms with Crippen molar-refractivity contribution < 1.29 is 4.39 Å². The van der Waals surface area contributed by atoms with Crippen LogP contribution in [0.2, 0.25) is 0 Å². The highest BCUT2D eigenvalue weighted by Crippen LogP contribution is 2.12. The van der Waals surface area contributed by atoms with Crippen molar-refractivity contribution in [3.05, 3.63) is 53.1 Å². The van der Waals surface area contributed by atoms with E-state index in [1.165, 1.54) is 6.07 Å². The molecule has 0 spiro atoms. The summed E-state index contributed by atoms with van der Waals surface area (Å²) in [5.74, 6) is -0.193. The molecule has 108 valence electrons. The van der Waals surface area contributed by atoms with E-state index in [1.807, 2.05) is 29.9 Å². The third kappa shape index (κ3) is 4.17. The molecule has 0 saturated carbocycles. The summed E-state index contributed by atoms with van der Waals surface area (Å²) in [6.07, 6.45) is 1.96. The van der Waals surface area contributed by atoms with Crippen molar-refractivity contribution >= 4 is 0 Å². The Morgan fingerprint density at radius 2 is 2.00 bits per heavy atom. The number of nitrogens with one attached hydrogen (secondary N) is 1. The summed E-state index contributed by atoms with van der Waals surface area (Å²) in [6, 6.07) is 6.88. The fourth-order valence-electron chi connectivity index (χ4n) is 1.95. The largest absolute Gasteiger partial charge is 0.306 e. The van der Waals surface area contributed by atoms with E-state index in [-0.39, 0.29) is 11.4 Å². The average molecular weight is 275 g/mol. The van der Waals surface area contributed by atoms with E-state index in [4.69, 9.17) is 0 Å². The van der Waals surface area contributed by atoms with Crippen molar-refractivity contribution in [3.63, 3.8) is 0 Å². The van der Waals surface area contributed by atoms with Crippen LogP contribution in [0.4, 0.5) is 4.39 Å². The van der Waals surface area contributed by atoms with Crippen molar-refractivity contribution in [1.29, 1.82) is 0 Å². The molecule has 3 nitrogen and oxygen atoms in total. The van der Waals surface area contributed by atoms with Gasteiger partial charge in [-0.1, -0.05) is 6.07 Å². The van der Waals surface area contributed by atoms with E-state index < -0.39 is 0 Å². The highest BCUT2D eigenvalue weighted by molar-refractivity contribution is 5.26. The van der Waals surface area contributed by atoms with Gasteiger partial charge in [-0.05, 0) is 57.0 Å². The second kappa shape index (κ2) is 5.75. The van der Waals surface area contributed by atoms with Crippen LogP contribution < -0.4 is 5.32 Å². The highest BCUT2D eigenvalue weighted by atomic mass is 19.1. The van der Waals surface area contributed by atoms with Gasteiger partial charge in [0.05, 0.1) is 12.2 Å². The molecule has 1 heterocycles. The van der Waals surface area contributed by atoms with Crippen LogP contribution in [0.3, 0.4) is 0 Å². The Bertz CT molecular complexity index is 582. The Hall–Kier alpha value is -1.68. The predicted molar refractivity (Wildman–Crippen MR) is 79.1 cm³/mol. The van der Waals surface area contributed by atoms with Gasteiger partial charge < -0.3 is 5.32 Å². The van der Waals surface area contributed by atoms with Crippen LogP contribution in [-0.2, 0) is 13.1 Å². The first-order chi connectivity index (χ1) is 9.33. The molecular weight excluding hydrogens is 253 g/mol. The number of nitrogens with zero attached hydrogens (tertiary/aromatic N) is 2. The predicted octanol–water partition coefficient (Wildman–Crippen LogP) is 3.27. The zero-order valence-corrected chi connectivity index (χ0v) is 12.6. The minimum Gasteiger partial charge on any atom is -0.306 e. The van der Waals surface area contributed by atoms with E-state index in [0.717, 1.165) is 23.4 Å². The van der Waals surface area contributed by atoms with Gasteiger partial charge in [-0.2, -0.15) is 5.10 Å². The van der Waals surface area contributed by atoms with Gasteiger partial charge >= 0.3 is 0 Å². The lowest BCUT2D eigenvalue weighted by Gasteiger charge is -2.19. The number of benzene rings is 1. The third-order valence-corrected chi connectivity index (χ3v) is 3.13. The molecule has 2 aromatic rings. The number of aromatic nitrogens is 2. The summed E-state index contributed by atoms with van der Waals surface area (Å²) >= 11 is 0. The molecule has 0 aliphatic heterocycles. The quantitative estimate of drug-likeness (QED) is 0.928. The van der Waals surface area contributed by atoms with E-state index >= 15 is 0 Å². The topological polar surface area (TPSA) is 29.9 Å². The zero-order chi connectivity index (χ0) is 14.8. The van der Waals surface area contributed by atoms with E-state index in [1.54, 1.807) is 6.07 Å². The van der Waals surface area contributed by atoms with Crippen LogP contribution in [0, 0.1) is 12.7 Å². The van der Waals surface area contributed by atoms with E-state index in [9.17, 15) is 4.39 Å². The normalized spacial score (nSPS) is 11.8. The minimum absolute atomic E-state index is 0.0807. The van der Waals surface area contributed by atoms with Crippen LogP contribution in [0.5, 0.6) is 0 Å². The molecule has 0 atom stereocenters. The van der Waals surface area contributed by atoms with Gasteiger partial charge in [0.15, 0.2) is 0 Å². The standard InChI is InChI=1S/C16H22FN3/c1-12-9-14(17)6-5-13(12)11-20-8-7-15(19-20)10-18-16(2,3)4/h5-9,18H,10-11H2,1-4H3. The maximum atomic E-state index is 13.1. The molecule has 2 rings (SSSR count). The molecule has 0 amide bonds. The maximum absolute atomic E-state index is 13.1. The van der Waals surface area contributed by atoms with Crippen LogP contribution in [-0.4, -0.2) is 15.3 Å². The lowest BCUT2D eigenvalue weighted by atomic mass is 10.1. The molecule has 1 N–H and O–H groups in total. The third-order valence-electron chi connectivity index (χ3n) is 3.13. The molecule has 1 aromatic heterocycles. The first-order valence-corrected chi connectivity index (χ1v) is 6.86. The Morgan fingerprint density at radius 1 is 1.25 bits per heavy atom. The van der Waals surface area contributed by atoms with Crippen LogP contribution in [0.15, 0.2) is 30.5 Å². The first kappa shape index (κ1) is 14.7. The lowest BCUT2D eigenvalue weighted by Crippen LogP contribution is -2.35. The average Bonchev–Trinajstić information content (AvgIpc) is 2.77. The van der Waals surface area contributed by atoms with Gasteiger partial charge in [-0.25, -0.2) is 4.39 Å². The Kier molecular flexibility index (Phi) is 4.23. The van der Waals surface area contributed by atoms with Gasteiger partial charge in [0.2, 0.25) is 0 Å². The molecule has 0 radical (unpaired) electrons. The van der Waals surface area contributed by atoms with Crippen molar-refractivity contribution in [2.24, 2.45) is 0 Å². The van der Waals surface area contributed by atoms with Gasteiger partial charge in [0.25, 0.3) is 0 Å². The van der Waals surface area contributed by atoms with Crippen LogP contribution >= 0.6 is 0 Å². The monoisotopic (exact) mass is 275 g/mol. The number of hydrogen-bond acceptors (Lipinski definition) is 2. The van der Waals surface area contributed by atoms with Gasteiger partial charge in [0, 0.05) is 18.3 Å². The van der Waals surface area contributed by atoms with Crippen molar-refractivity contribution in [2.75, 3.05) is 0 Å². The summed E-state index contributed by atoms with van der Waals surface area (Å²) in [5, 5.41) is 7.94. The van der Waals surface area contributed by atoms with Gasteiger partial charge in [-0.15, -0.1) is 0 Å². The molecule has 0 unspecified atom stereocenters. The Morgan fingerprint density at radius 3 is 2.65 bits per heavy atom. The van der Waals surface area contributed by atoms with Crippen LogP contribution in [0.25, 0.3) is 0 Å². The summed E-state index contributed by atoms with van der Waals surface area (Å²) in [7, 11) is 0. The molecule has 0 aliphatic rings. The molecule has 1 aromatic carbocycles. The molecular formula is C16H22FN3. The van der Waals surface area contributed by atoms with Crippen molar-refractivity contribution in [3.8, 4) is 0 Å². The number of hydrogen-bond donors (Lipinski definition) is 1. The maximum Gasteiger partial charge on any atom is 0.123 e. The fraction of sp³-hybridized carbons (Fsp3) is 0.438. The summed E-state index contributed by atoms with van der Waals surface area (Å²) in [6.45, 7) is 9.73. The summed E-state index contributed by atoms with van der Waals surface area (Å²) < 4.78 is 15.0. The number of aryl methyl sites for hydroxylation is 1. The summed E-state index contributed by atoms with van der Waals surface area (Å²) in [5.41, 5.74) is 3.14. The number of halogens is 1. The van der Waals surface area contributed by atoms with E-state index in [0.29, 0.717) is 6.54 Å². The van der Waals surface area contributed by atoms with Crippen LogP contribution in [0.1, 0.15) is 37.6 Å². The molecule has 0 fully saturated rings. The molecule has 0 aliphatic carbocycles. The molecule has 4 heteroatoms. The first-order valence-electron chi connectivity index (χ1n) is 6.86. The molecule has 20 heavy (non-hydrogen) atoms. The molecule has 0 saturated heterocycles. The fourth-order valence-corrected chi connectivity index (χ4v) is 1.95. The Balaban J connectivity index is 2.02. The second-order valence-corrected chi connectivity index (χ2v) is 6.18.